The number of hydrogen-bond acceptors (Lipinski definition) is 2. The van der Waals surface area contributed by atoms with E-state index in [0.717, 1.165) is 23.3 Å². The summed E-state index contributed by atoms with van der Waals surface area (Å²) in [6.07, 6.45) is 0. The van der Waals surface area contributed by atoms with Crippen LogP contribution >= 0.6 is 11.6 Å². The van der Waals surface area contributed by atoms with Crippen molar-refractivity contribution in [2.45, 2.75) is 27.7 Å². The van der Waals surface area contributed by atoms with Gasteiger partial charge in [0.15, 0.2) is 11.6 Å². The average Bonchev–Trinajstić information content (AvgIpc) is 2.50. The van der Waals surface area contributed by atoms with E-state index in [1.807, 2.05) is 27.7 Å². The van der Waals surface area contributed by atoms with Crippen LogP contribution in [0.2, 0.25) is 5.15 Å². The number of ether oxygens (including phenoxy) is 1. The lowest BCUT2D eigenvalue weighted by Gasteiger charge is -2.14. The molecule has 2 aromatic rings. The monoisotopic (exact) mass is 339 g/mol. The Morgan fingerprint density at radius 3 is 2.43 bits per heavy atom. The van der Waals surface area contributed by atoms with Crippen LogP contribution in [-0.4, -0.2) is 11.6 Å². The normalized spacial score (nSPS) is 9.87. The first-order valence-electron chi connectivity index (χ1n) is 7.28. The van der Waals surface area contributed by atoms with Gasteiger partial charge in [0.1, 0.15) is 23.2 Å². The molecule has 0 aliphatic heterocycles. The van der Waals surface area contributed by atoms with Crippen molar-refractivity contribution in [3.05, 3.63) is 58.8 Å². The molecule has 1 aromatic heterocycles. The van der Waals surface area contributed by atoms with Crippen LogP contribution in [0.15, 0.2) is 36.4 Å². The summed E-state index contributed by atoms with van der Waals surface area (Å²) in [5, 5.41) is 0.259. The smallest absolute Gasteiger partial charge is 0.159 e. The van der Waals surface area contributed by atoms with Crippen LogP contribution < -0.4 is 4.74 Å². The van der Waals surface area contributed by atoms with Gasteiger partial charge in [-0.05, 0) is 49.2 Å². The lowest BCUT2D eigenvalue weighted by atomic mass is 10.1. The third kappa shape index (κ3) is 5.03. The van der Waals surface area contributed by atoms with Crippen molar-refractivity contribution in [2.75, 3.05) is 6.61 Å². The van der Waals surface area contributed by atoms with Gasteiger partial charge in [0, 0.05) is 5.56 Å². The second-order valence-electron chi connectivity index (χ2n) is 4.81. The quantitative estimate of drug-likeness (QED) is 0.505. The Kier molecular flexibility index (Phi) is 7.17. The minimum Gasteiger partial charge on any atom is -0.487 e. The van der Waals surface area contributed by atoms with Crippen molar-refractivity contribution in [3.63, 3.8) is 0 Å². The molecule has 0 aliphatic rings. The van der Waals surface area contributed by atoms with Gasteiger partial charge in [-0.3, -0.25) is 0 Å². The van der Waals surface area contributed by atoms with Crippen LogP contribution in [0.3, 0.4) is 0 Å². The first kappa shape index (κ1) is 19.1. The van der Waals surface area contributed by atoms with E-state index in [9.17, 15) is 8.78 Å². The predicted octanol–water partition coefficient (Wildman–Crippen LogP) is 5.97. The summed E-state index contributed by atoms with van der Waals surface area (Å²) in [5.74, 6) is -1.38. The number of nitrogens with zero attached hydrogens (tertiary/aromatic N) is 1. The molecule has 2 nitrogen and oxygen atoms in total. The second-order valence-corrected chi connectivity index (χ2v) is 5.20. The van der Waals surface area contributed by atoms with Crippen LogP contribution in [-0.2, 0) is 0 Å². The molecule has 5 heteroatoms. The van der Waals surface area contributed by atoms with Gasteiger partial charge in [0.2, 0.25) is 0 Å². The first-order chi connectivity index (χ1) is 10.9. The molecule has 1 heterocycles. The molecule has 0 saturated carbocycles. The van der Waals surface area contributed by atoms with Crippen molar-refractivity contribution in [2.24, 2.45) is 0 Å². The molecule has 1 aromatic carbocycles. The molecule has 0 spiro atoms. The molecule has 0 N–H and O–H groups in total. The largest absolute Gasteiger partial charge is 0.487 e. The van der Waals surface area contributed by atoms with Crippen molar-refractivity contribution in [1.29, 1.82) is 0 Å². The Labute approximate surface area is 140 Å². The highest BCUT2D eigenvalue weighted by Gasteiger charge is 2.15. The van der Waals surface area contributed by atoms with Gasteiger partial charge >= 0.3 is 0 Å². The third-order valence-corrected chi connectivity index (χ3v) is 2.98. The fourth-order valence-electron chi connectivity index (χ4n) is 1.84. The summed E-state index contributed by atoms with van der Waals surface area (Å²) in [6, 6.07) is 5.20. The van der Waals surface area contributed by atoms with Crippen LogP contribution in [0.5, 0.6) is 5.75 Å². The van der Waals surface area contributed by atoms with Gasteiger partial charge in [-0.15, -0.1) is 0 Å². The fraction of sp³-hybridized carbons (Fsp3) is 0.278. The molecule has 0 saturated heterocycles. The van der Waals surface area contributed by atoms with E-state index in [4.69, 9.17) is 16.3 Å². The summed E-state index contributed by atoms with van der Waals surface area (Å²) < 4.78 is 32.2. The number of aromatic nitrogens is 1. The molecule has 0 bridgehead atoms. The maximum absolute atomic E-state index is 13.4. The minimum absolute atomic E-state index is 0.259. The van der Waals surface area contributed by atoms with Gasteiger partial charge in [0.25, 0.3) is 0 Å². The maximum atomic E-state index is 13.4. The molecule has 0 radical (unpaired) electrons. The van der Waals surface area contributed by atoms with Crippen LogP contribution in [0.4, 0.5) is 8.78 Å². The van der Waals surface area contributed by atoms with E-state index in [1.54, 1.807) is 6.07 Å². The van der Waals surface area contributed by atoms with Gasteiger partial charge in [-0.1, -0.05) is 32.0 Å². The molecular weight excluding hydrogens is 320 g/mol. The number of aryl methyl sites for hydroxylation is 1. The zero-order valence-electron chi connectivity index (χ0n) is 13.7. The van der Waals surface area contributed by atoms with E-state index in [2.05, 4.69) is 11.6 Å². The van der Waals surface area contributed by atoms with E-state index in [0.29, 0.717) is 23.6 Å². The SMILES string of the molecule is C=C(C)COc1c(C)cc(Cl)nc1-c1ccc(F)c(F)c1.CC. The highest BCUT2D eigenvalue weighted by Crippen LogP contribution is 2.34. The highest BCUT2D eigenvalue weighted by atomic mass is 35.5. The van der Waals surface area contributed by atoms with E-state index in [1.165, 1.54) is 6.07 Å². The molecule has 2 rings (SSSR count). The fourth-order valence-corrected chi connectivity index (χ4v) is 2.09. The lowest BCUT2D eigenvalue weighted by molar-refractivity contribution is 0.350. The standard InChI is InChI=1S/C16H14ClF2NO.C2H6/c1-9(2)8-21-16-10(3)6-14(17)20-15(16)11-4-5-12(18)13(19)7-11;1-2/h4-7H,1,8H2,2-3H3;1-2H3. The molecule has 0 atom stereocenters. The Morgan fingerprint density at radius 2 is 1.87 bits per heavy atom. The Balaban J connectivity index is 0.00000127. The van der Waals surface area contributed by atoms with Crippen LogP contribution in [0, 0.1) is 18.6 Å². The predicted molar refractivity (Wildman–Crippen MR) is 91.0 cm³/mol. The Bertz CT molecular complexity index is 702. The van der Waals surface area contributed by atoms with Crippen LogP contribution in [0.25, 0.3) is 11.3 Å². The lowest BCUT2D eigenvalue weighted by Crippen LogP contribution is -2.03. The molecule has 0 unspecified atom stereocenters. The molecular formula is C18H20ClF2NO. The third-order valence-electron chi connectivity index (χ3n) is 2.78. The van der Waals surface area contributed by atoms with Crippen LogP contribution in [0.1, 0.15) is 26.3 Å². The first-order valence-corrected chi connectivity index (χ1v) is 7.66. The van der Waals surface area contributed by atoms with Crippen molar-refractivity contribution >= 4 is 11.6 Å². The van der Waals surface area contributed by atoms with Gasteiger partial charge in [-0.2, -0.15) is 0 Å². The maximum Gasteiger partial charge on any atom is 0.159 e. The summed E-state index contributed by atoms with van der Waals surface area (Å²) in [6.45, 7) is 11.7. The summed E-state index contributed by atoms with van der Waals surface area (Å²) in [7, 11) is 0. The number of pyridine rings is 1. The van der Waals surface area contributed by atoms with E-state index in [-0.39, 0.29) is 5.15 Å². The number of halogens is 3. The highest BCUT2D eigenvalue weighted by molar-refractivity contribution is 6.29. The topological polar surface area (TPSA) is 22.1 Å². The van der Waals surface area contributed by atoms with Crippen molar-refractivity contribution < 1.29 is 13.5 Å². The Hall–Kier alpha value is -1.94. The molecule has 124 valence electrons. The summed E-state index contributed by atoms with van der Waals surface area (Å²) in [5.41, 5.74) is 2.37. The number of rotatable bonds is 4. The zero-order valence-corrected chi connectivity index (χ0v) is 14.5. The van der Waals surface area contributed by atoms with Gasteiger partial charge < -0.3 is 4.74 Å². The van der Waals surface area contributed by atoms with E-state index >= 15 is 0 Å². The summed E-state index contributed by atoms with van der Waals surface area (Å²) in [4.78, 5) is 4.17. The molecule has 0 fully saturated rings. The van der Waals surface area contributed by atoms with Gasteiger partial charge in [-0.25, -0.2) is 13.8 Å². The van der Waals surface area contributed by atoms with Crippen molar-refractivity contribution in [3.8, 4) is 17.0 Å². The molecule has 0 amide bonds. The Morgan fingerprint density at radius 1 is 1.22 bits per heavy atom. The molecule has 0 aliphatic carbocycles. The number of benzene rings is 1. The van der Waals surface area contributed by atoms with Gasteiger partial charge in [0.05, 0.1) is 0 Å². The number of hydrogen-bond donors (Lipinski definition) is 0. The average molecular weight is 340 g/mol. The summed E-state index contributed by atoms with van der Waals surface area (Å²) >= 11 is 5.95. The van der Waals surface area contributed by atoms with Crippen molar-refractivity contribution in [1.82, 2.24) is 4.98 Å². The second kappa shape index (κ2) is 8.63. The van der Waals surface area contributed by atoms with E-state index < -0.39 is 11.6 Å². The molecule has 23 heavy (non-hydrogen) atoms. The zero-order chi connectivity index (χ0) is 17.6. The minimum atomic E-state index is -0.947.